The normalized spacial score (nSPS) is 20.5. The third-order valence-corrected chi connectivity index (χ3v) is 6.98. The van der Waals surface area contributed by atoms with Crippen LogP contribution < -0.4 is 10.6 Å². The summed E-state index contributed by atoms with van der Waals surface area (Å²) in [5, 5.41) is 14.2. The number of hydrogen-bond acceptors (Lipinski definition) is 5. The molecule has 0 radical (unpaired) electrons. The first-order valence-electron chi connectivity index (χ1n) is 11.1. The zero-order valence-electron chi connectivity index (χ0n) is 18.8. The van der Waals surface area contributed by atoms with E-state index < -0.39 is 30.0 Å². The third-order valence-electron chi connectivity index (χ3n) is 6.45. The molecule has 2 aliphatic rings. The Morgan fingerprint density at radius 3 is 2.39 bits per heavy atom. The van der Waals surface area contributed by atoms with Crippen LogP contribution >= 0.6 is 15.9 Å². The quantitative estimate of drug-likeness (QED) is 0.471. The van der Waals surface area contributed by atoms with E-state index in [2.05, 4.69) is 26.6 Å². The van der Waals surface area contributed by atoms with Crippen LogP contribution in [0.4, 0.5) is 4.79 Å². The van der Waals surface area contributed by atoms with E-state index >= 15 is 0 Å². The van der Waals surface area contributed by atoms with Gasteiger partial charge in [0, 0.05) is 29.8 Å². The fraction of sp³-hybridized carbons (Fsp3) is 0.565. The monoisotopic (exact) mass is 523 g/mol. The van der Waals surface area contributed by atoms with Crippen molar-refractivity contribution in [1.29, 1.82) is 0 Å². The number of rotatable bonds is 7. The Labute approximate surface area is 201 Å². The second kappa shape index (κ2) is 10.6. The molecule has 0 aromatic heterocycles. The zero-order chi connectivity index (χ0) is 24.2. The van der Waals surface area contributed by atoms with E-state index in [1.807, 2.05) is 0 Å². The van der Waals surface area contributed by atoms with E-state index in [0.29, 0.717) is 31.7 Å². The van der Waals surface area contributed by atoms with Crippen LogP contribution in [0.2, 0.25) is 0 Å². The van der Waals surface area contributed by atoms with Crippen molar-refractivity contribution in [1.82, 2.24) is 15.5 Å². The summed E-state index contributed by atoms with van der Waals surface area (Å²) < 4.78 is 6.33. The minimum Gasteiger partial charge on any atom is -0.465 e. The van der Waals surface area contributed by atoms with Crippen molar-refractivity contribution in [3.63, 3.8) is 0 Å². The lowest BCUT2D eigenvalue weighted by Gasteiger charge is -2.33. The highest BCUT2D eigenvalue weighted by molar-refractivity contribution is 9.10. The number of benzene rings is 1. The largest absolute Gasteiger partial charge is 0.465 e. The molecule has 3 N–H and O–H groups in total. The lowest BCUT2D eigenvalue weighted by atomic mass is 9.78. The molecule has 2 atom stereocenters. The average Bonchev–Trinajstić information content (AvgIpc) is 3.14. The first-order valence-corrected chi connectivity index (χ1v) is 11.9. The smallest absolute Gasteiger partial charge is 0.405 e. The Hall–Kier alpha value is -2.46. The van der Waals surface area contributed by atoms with Crippen LogP contribution in [0.3, 0.4) is 0 Å². The summed E-state index contributed by atoms with van der Waals surface area (Å²) in [5.41, 5.74) is 0.223. The molecule has 2 heterocycles. The maximum atomic E-state index is 13.4. The van der Waals surface area contributed by atoms with Gasteiger partial charge in [0.15, 0.2) is 5.78 Å². The van der Waals surface area contributed by atoms with E-state index in [1.165, 1.54) is 4.90 Å². The van der Waals surface area contributed by atoms with Crippen LogP contribution in [0.1, 0.15) is 43.5 Å². The molecule has 2 aliphatic heterocycles. The lowest BCUT2D eigenvalue weighted by Crippen LogP contribution is -2.55. The Kier molecular flexibility index (Phi) is 8.12. The number of Topliss-reactive ketones (excluding diaryl/α,β-unsaturated/α-hetero) is 1. The summed E-state index contributed by atoms with van der Waals surface area (Å²) in [6, 6.07) is 5.12. The molecule has 1 aromatic rings. The number of amides is 3. The molecular formula is C23H30BrN3O6. The Balaban J connectivity index is 1.76. The molecule has 3 rings (SSSR count). The molecule has 0 bridgehead atoms. The van der Waals surface area contributed by atoms with Gasteiger partial charge in [0.2, 0.25) is 11.8 Å². The zero-order valence-corrected chi connectivity index (χ0v) is 20.4. The van der Waals surface area contributed by atoms with Crippen molar-refractivity contribution in [2.75, 3.05) is 26.3 Å². The molecule has 1 spiro atoms. The van der Waals surface area contributed by atoms with Gasteiger partial charge in [0.1, 0.15) is 12.1 Å². The summed E-state index contributed by atoms with van der Waals surface area (Å²) in [6.07, 6.45) is 0.607. The summed E-state index contributed by atoms with van der Waals surface area (Å²) >= 11 is 3.32. The van der Waals surface area contributed by atoms with E-state index in [1.54, 1.807) is 38.1 Å². The van der Waals surface area contributed by atoms with Gasteiger partial charge < -0.3 is 25.4 Å². The average molecular weight is 524 g/mol. The van der Waals surface area contributed by atoms with Gasteiger partial charge in [-0.3, -0.25) is 14.4 Å². The molecule has 0 aliphatic carbocycles. The SMILES string of the molecule is CC(C)[C@H](NC(=O)O)C(=O)N1CC2(CCOCC2)CC1C(=O)NCC(=O)c1ccc(Br)cc1. The summed E-state index contributed by atoms with van der Waals surface area (Å²) in [5.74, 6) is -1.35. The molecule has 33 heavy (non-hydrogen) atoms. The summed E-state index contributed by atoms with van der Waals surface area (Å²) in [6.45, 7) is 4.79. The van der Waals surface area contributed by atoms with Gasteiger partial charge in [0.05, 0.1) is 6.54 Å². The van der Waals surface area contributed by atoms with Crippen molar-refractivity contribution in [2.45, 2.75) is 45.2 Å². The van der Waals surface area contributed by atoms with Gasteiger partial charge in [-0.05, 0) is 42.7 Å². The fourth-order valence-corrected chi connectivity index (χ4v) is 4.80. The topological polar surface area (TPSA) is 125 Å². The molecule has 9 nitrogen and oxygen atoms in total. The standard InChI is InChI=1S/C23H30BrN3O6/c1-14(2)19(26-22(31)32)21(30)27-13-23(7-9-33-10-8-23)11-17(27)20(29)25-12-18(28)15-3-5-16(24)6-4-15/h3-6,14,17,19,26H,7-13H2,1-2H3,(H,25,29)(H,31,32)/t17?,19-/m0/s1. The van der Waals surface area contributed by atoms with Crippen LogP contribution in [0, 0.1) is 11.3 Å². The van der Waals surface area contributed by atoms with Crippen LogP contribution in [0.5, 0.6) is 0 Å². The van der Waals surface area contributed by atoms with E-state index in [-0.39, 0.29) is 23.7 Å². The predicted octanol–water partition coefficient (Wildman–Crippen LogP) is 2.44. The number of carbonyl (C=O) groups is 4. The second-order valence-electron chi connectivity index (χ2n) is 9.12. The number of nitrogens with one attached hydrogen (secondary N) is 2. The Bertz CT molecular complexity index is 898. The number of carboxylic acid groups (broad SMARTS) is 1. The molecule has 1 unspecified atom stereocenters. The minimum atomic E-state index is -1.29. The van der Waals surface area contributed by atoms with Crippen LogP contribution in [0.25, 0.3) is 0 Å². The van der Waals surface area contributed by atoms with Crippen molar-refractivity contribution in [2.24, 2.45) is 11.3 Å². The maximum Gasteiger partial charge on any atom is 0.405 e. The highest BCUT2D eigenvalue weighted by Crippen LogP contribution is 2.43. The number of likely N-dealkylation sites (tertiary alicyclic amines) is 1. The molecule has 3 amide bonds. The molecule has 2 saturated heterocycles. The predicted molar refractivity (Wildman–Crippen MR) is 124 cm³/mol. The molecule has 180 valence electrons. The minimum absolute atomic E-state index is 0.184. The van der Waals surface area contributed by atoms with Crippen molar-refractivity contribution >= 4 is 39.6 Å². The van der Waals surface area contributed by atoms with Crippen molar-refractivity contribution < 1.29 is 29.0 Å². The number of carbonyl (C=O) groups excluding carboxylic acids is 3. The Morgan fingerprint density at radius 2 is 1.82 bits per heavy atom. The molecule has 10 heteroatoms. The highest BCUT2D eigenvalue weighted by atomic mass is 79.9. The maximum absolute atomic E-state index is 13.4. The Morgan fingerprint density at radius 1 is 1.18 bits per heavy atom. The number of nitrogens with zero attached hydrogens (tertiary/aromatic N) is 1. The third kappa shape index (κ3) is 6.11. The second-order valence-corrected chi connectivity index (χ2v) is 10.0. The van der Waals surface area contributed by atoms with Crippen molar-refractivity contribution in [3.8, 4) is 0 Å². The van der Waals surface area contributed by atoms with Gasteiger partial charge in [-0.15, -0.1) is 0 Å². The molecule has 0 saturated carbocycles. The summed E-state index contributed by atoms with van der Waals surface area (Å²) in [4.78, 5) is 51.8. The summed E-state index contributed by atoms with van der Waals surface area (Å²) in [7, 11) is 0. The first kappa shape index (κ1) is 25.2. The fourth-order valence-electron chi connectivity index (χ4n) is 4.54. The molecule has 1 aromatic carbocycles. The molecular weight excluding hydrogens is 494 g/mol. The van der Waals surface area contributed by atoms with E-state index in [9.17, 15) is 24.3 Å². The van der Waals surface area contributed by atoms with Gasteiger partial charge in [0.25, 0.3) is 0 Å². The van der Waals surface area contributed by atoms with Crippen LogP contribution in [0.15, 0.2) is 28.7 Å². The highest BCUT2D eigenvalue weighted by Gasteiger charge is 2.50. The van der Waals surface area contributed by atoms with Gasteiger partial charge >= 0.3 is 6.09 Å². The van der Waals surface area contributed by atoms with Gasteiger partial charge in [-0.25, -0.2) is 4.79 Å². The number of ether oxygens (including phenoxy) is 1. The van der Waals surface area contributed by atoms with Crippen LogP contribution in [-0.2, 0) is 14.3 Å². The number of halogens is 1. The molecule has 2 fully saturated rings. The first-order chi connectivity index (χ1) is 15.6. The van der Waals surface area contributed by atoms with Gasteiger partial charge in [-0.2, -0.15) is 0 Å². The number of ketones is 1. The van der Waals surface area contributed by atoms with Crippen molar-refractivity contribution in [3.05, 3.63) is 34.3 Å². The van der Waals surface area contributed by atoms with E-state index in [4.69, 9.17) is 4.74 Å². The van der Waals surface area contributed by atoms with Crippen LogP contribution in [-0.4, -0.2) is 72.1 Å². The van der Waals surface area contributed by atoms with Gasteiger partial charge in [-0.1, -0.05) is 41.9 Å². The number of hydrogen-bond donors (Lipinski definition) is 3. The van der Waals surface area contributed by atoms with E-state index in [0.717, 1.165) is 17.3 Å². The lowest BCUT2D eigenvalue weighted by molar-refractivity contribution is -0.140.